The molecule has 0 atom stereocenters. The minimum absolute atomic E-state index is 0.0258. The largest absolute Gasteiger partial charge is 0.325 e. The summed E-state index contributed by atoms with van der Waals surface area (Å²) >= 11 is 1.31. The Morgan fingerprint density at radius 2 is 1.68 bits per heavy atom. The van der Waals surface area contributed by atoms with E-state index in [1.54, 1.807) is 0 Å². The van der Waals surface area contributed by atoms with Crippen LogP contribution >= 0.6 is 11.8 Å². The third kappa shape index (κ3) is 3.55. The van der Waals surface area contributed by atoms with Gasteiger partial charge < -0.3 is 5.32 Å². The van der Waals surface area contributed by atoms with Gasteiger partial charge in [0.05, 0.1) is 27.2 Å². The summed E-state index contributed by atoms with van der Waals surface area (Å²) in [5.74, 6) is -0.101. The van der Waals surface area contributed by atoms with Gasteiger partial charge in [0.25, 0.3) is 5.69 Å². The zero-order valence-corrected chi connectivity index (χ0v) is 16.9. The Morgan fingerprint density at radius 1 is 0.968 bits per heavy atom. The van der Waals surface area contributed by atoms with Crippen molar-refractivity contribution in [2.45, 2.75) is 5.16 Å². The van der Waals surface area contributed by atoms with Crippen LogP contribution in [0.5, 0.6) is 0 Å². The first kappa shape index (κ1) is 19.0. The van der Waals surface area contributed by atoms with Gasteiger partial charge in [-0.15, -0.1) is 0 Å². The van der Waals surface area contributed by atoms with E-state index >= 15 is 0 Å². The number of para-hydroxylation sites is 3. The van der Waals surface area contributed by atoms with Crippen molar-refractivity contribution in [3.8, 4) is 0 Å². The van der Waals surface area contributed by atoms with E-state index in [9.17, 15) is 14.9 Å². The molecule has 0 unspecified atom stereocenters. The van der Waals surface area contributed by atoms with Gasteiger partial charge in [-0.1, -0.05) is 36.0 Å². The number of rotatable bonds is 5. The van der Waals surface area contributed by atoms with Crippen molar-refractivity contribution in [1.29, 1.82) is 0 Å². The number of hydrogen-bond acceptors (Lipinski definition) is 6. The van der Waals surface area contributed by atoms with Crippen molar-refractivity contribution in [3.63, 3.8) is 0 Å². The number of aromatic nitrogens is 3. The fourth-order valence-corrected chi connectivity index (χ4v) is 4.21. The summed E-state index contributed by atoms with van der Waals surface area (Å²) in [4.78, 5) is 32.3. The number of nitro groups is 1. The van der Waals surface area contributed by atoms with Crippen LogP contribution in [0.25, 0.3) is 27.6 Å². The molecule has 152 valence electrons. The number of benzene rings is 3. The van der Waals surface area contributed by atoms with Gasteiger partial charge in [-0.05, 0) is 36.4 Å². The molecular formula is C22H15N5O3S. The highest BCUT2D eigenvalue weighted by Gasteiger charge is 2.15. The van der Waals surface area contributed by atoms with E-state index in [1.165, 1.54) is 36.0 Å². The second-order valence-electron chi connectivity index (χ2n) is 6.81. The number of thioether (sulfide) groups is 1. The Balaban J connectivity index is 1.45. The smallest absolute Gasteiger partial charge is 0.269 e. The van der Waals surface area contributed by atoms with E-state index < -0.39 is 4.92 Å². The molecule has 0 bridgehead atoms. The molecule has 8 nitrogen and oxygen atoms in total. The average molecular weight is 429 g/mol. The van der Waals surface area contributed by atoms with Crippen molar-refractivity contribution in [1.82, 2.24) is 14.4 Å². The second kappa shape index (κ2) is 7.69. The van der Waals surface area contributed by atoms with Gasteiger partial charge in [0.2, 0.25) is 5.91 Å². The molecule has 2 heterocycles. The van der Waals surface area contributed by atoms with Crippen LogP contribution in [-0.2, 0) is 4.79 Å². The molecule has 0 saturated heterocycles. The second-order valence-corrected chi connectivity index (χ2v) is 7.75. The maximum atomic E-state index is 12.5. The fraction of sp³-hybridized carbons (Fsp3) is 0.0455. The van der Waals surface area contributed by atoms with Crippen molar-refractivity contribution < 1.29 is 9.72 Å². The minimum Gasteiger partial charge on any atom is -0.325 e. The number of hydrogen-bond donors (Lipinski definition) is 1. The number of anilines is 1. The number of imidazole rings is 1. The number of nitrogens with one attached hydrogen (secondary N) is 1. The molecule has 9 heteroatoms. The first-order chi connectivity index (χ1) is 15.1. The number of carbonyl (C=O) groups is 1. The summed E-state index contributed by atoms with van der Waals surface area (Å²) in [5.41, 5.74) is 3.86. The zero-order valence-electron chi connectivity index (χ0n) is 16.1. The molecule has 1 amide bonds. The highest BCUT2D eigenvalue weighted by atomic mass is 32.2. The summed E-state index contributed by atoms with van der Waals surface area (Å²) in [5, 5.41) is 15.1. The summed E-state index contributed by atoms with van der Waals surface area (Å²) < 4.78 is 1.97. The van der Waals surface area contributed by atoms with Crippen LogP contribution in [0.2, 0.25) is 0 Å². The van der Waals surface area contributed by atoms with Gasteiger partial charge in [0, 0.05) is 23.2 Å². The lowest BCUT2D eigenvalue weighted by molar-refractivity contribution is -0.384. The molecule has 0 spiro atoms. The number of non-ortho nitro benzene ring substituents is 1. The lowest BCUT2D eigenvalue weighted by Crippen LogP contribution is -2.14. The molecule has 0 saturated carbocycles. The minimum atomic E-state index is -0.479. The Morgan fingerprint density at radius 3 is 2.45 bits per heavy atom. The molecule has 3 aromatic carbocycles. The summed E-state index contributed by atoms with van der Waals surface area (Å²) in [6, 6.07) is 21.3. The molecule has 0 radical (unpaired) electrons. The first-order valence-corrected chi connectivity index (χ1v) is 10.4. The van der Waals surface area contributed by atoms with Gasteiger partial charge in [-0.3, -0.25) is 19.3 Å². The van der Waals surface area contributed by atoms with Gasteiger partial charge in [-0.2, -0.15) is 0 Å². The highest BCUT2D eigenvalue weighted by molar-refractivity contribution is 7.99. The van der Waals surface area contributed by atoms with Crippen LogP contribution < -0.4 is 5.32 Å². The number of carbonyl (C=O) groups excluding carboxylic acids is 1. The molecule has 5 aromatic rings. The number of amides is 1. The Labute approximate surface area is 180 Å². The Kier molecular flexibility index (Phi) is 4.72. The normalized spacial score (nSPS) is 11.2. The van der Waals surface area contributed by atoms with Crippen LogP contribution in [0.3, 0.4) is 0 Å². The third-order valence-electron chi connectivity index (χ3n) is 4.81. The predicted octanol–water partition coefficient (Wildman–Crippen LogP) is 4.67. The highest BCUT2D eigenvalue weighted by Crippen LogP contribution is 2.29. The molecule has 0 aliphatic rings. The van der Waals surface area contributed by atoms with Gasteiger partial charge in [0.15, 0.2) is 5.16 Å². The molecule has 0 aliphatic carbocycles. The van der Waals surface area contributed by atoms with Gasteiger partial charge in [0.1, 0.15) is 5.65 Å². The van der Waals surface area contributed by atoms with E-state index in [1.807, 2.05) is 52.9 Å². The van der Waals surface area contributed by atoms with Gasteiger partial charge in [-0.25, -0.2) is 9.97 Å². The van der Waals surface area contributed by atoms with Crippen molar-refractivity contribution in [3.05, 3.63) is 82.9 Å². The van der Waals surface area contributed by atoms with E-state index in [0.717, 1.165) is 27.6 Å². The van der Waals surface area contributed by atoms with Crippen LogP contribution in [0.1, 0.15) is 0 Å². The van der Waals surface area contributed by atoms with E-state index in [0.29, 0.717) is 10.8 Å². The summed E-state index contributed by atoms with van der Waals surface area (Å²) in [7, 11) is 0. The van der Waals surface area contributed by atoms with Gasteiger partial charge >= 0.3 is 0 Å². The molecule has 2 aromatic heterocycles. The monoisotopic (exact) mass is 429 g/mol. The van der Waals surface area contributed by atoms with Crippen LogP contribution in [-0.4, -0.2) is 31.0 Å². The molecule has 31 heavy (non-hydrogen) atoms. The average Bonchev–Trinajstić information content (AvgIpc) is 3.18. The van der Waals surface area contributed by atoms with Crippen molar-refractivity contribution in [2.24, 2.45) is 0 Å². The Hall–Kier alpha value is -3.98. The quantitative estimate of drug-likeness (QED) is 0.188. The molecule has 0 fully saturated rings. The van der Waals surface area contributed by atoms with Crippen LogP contribution in [0.15, 0.2) is 78.0 Å². The third-order valence-corrected chi connectivity index (χ3v) is 5.75. The lowest BCUT2D eigenvalue weighted by atomic mass is 10.2. The van der Waals surface area contributed by atoms with E-state index in [-0.39, 0.29) is 17.3 Å². The summed E-state index contributed by atoms with van der Waals surface area (Å²) in [6.07, 6.45) is 0. The van der Waals surface area contributed by atoms with Crippen LogP contribution in [0, 0.1) is 10.1 Å². The number of nitro benzene ring substituents is 1. The maximum Gasteiger partial charge on any atom is 0.269 e. The number of fused-ring (bicyclic) bond motifs is 5. The standard InChI is InChI=1S/C22H15N5O3S/c28-20(23-14-9-11-15(12-10-14)27(29)30)13-31-22-25-17-6-2-1-5-16(17)21-24-18-7-3-4-8-19(18)26(21)22/h1-12H,13H2,(H,23,28). The molecule has 1 N–H and O–H groups in total. The van der Waals surface area contributed by atoms with Crippen molar-refractivity contribution in [2.75, 3.05) is 11.1 Å². The molecule has 0 aliphatic heterocycles. The van der Waals surface area contributed by atoms with Crippen LogP contribution in [0.4, 0.5) is 11.4 Å². The fourth-order valence-electron chi connectivity index (χ4n) is 3.40. The maximum absolute atomic E-state index is 12.5. The lowest BCUT2D eigenvalue weighted by Gasteiger charge is -2.09. The summed E-state index contributed by atoms with van der Waals surface area (Å²) in [6.45, 7) is 0. The van der Waals surface area contributed by atoms with Crippen molar-refractivity contribution >= 4 is 56.6 Å². The number of nitrogens with zero attached hydrogens (tertiary/aromatic N) is 4. The topological polar surface area (TPSA) is 102 Å². The zero-order chi connectivity index (χ0) is 21.4. The predicted molar refractivity (Wildman–Crippen MR) is 120 cm³/mol. The van der Waals surface area contributed by atoms with E-state index in [4.69, 9.17) is 9.97 Å². The SMILES string of the molecule is O=C(CSc1nc2ccccc2c2nc3ccccc3n12)Nc1ccc([N+](=O)[O-])cc1. The molecule has 5 rings (SSSR count). The molecular weight excluding hydrogens is 414 g/mol. The Bertz CT molecular complexity index is 1460. The first-order valence-electron chi connectivity index (χ1n) is 9.43. The van der Waals surface area contributed by atoms with E-state index in [2.05, 4.69) is 5.32 Å².